The van der Waals surface area contributed by atoms with E-state index in [9.17, 15) is 9.59 Å². The van der Waals surface area contributed by atoms with Crippen LogP contribution in [0.2, 0.25) is 0 Å². The van der Waals surface area contributed by atoms with Gasteiger partial charge in [-0.05, 0) is 42.9 Å². The third kappa shape index (κ3) is 4.44. The molecule has 1 aromatic rings. The Hall–Kier alpha value is -2.11. The fourth-order valence-electron chi connectivity index (χ4n) is 2.96. The van der Waals surface area contributed by atoms with Crippen molar-refractivity contribution in [1.29, 1.82) is 0 Å². The van der Waals surface area contributed by atoms with E-state index in [1.807, 2.05) is 19.1 Å². The molecule has 6 heteroatoms. The Kier molecular flexibility index (Phi) is 5.75. The van der Waals surface area contributed by atoms with E-state index in [0.29, 0.717) is 13.0 Å². The number of aromatic nitrogens is 1. The molecule has 2 heterocycles. The van der Waals surface area contributed by atoms with Gasteiger partial charge in [0.2, 0.25) is 5.91 Å². The minimum Gasteiger partial charge on any atom is -0.370 e. The molecule has 120 valence electrons. The quantitative estimate of drug-likeness (QED) is 0.869. The van der Waals surface area contributed by atoms with Crippen molar-refractivity contribution in [2.75, 3.05) is 13.1 Å². The van der Waals surface area contributed by atoms with Crippen molar-refractivity contribution in [2.24, 2.45) is 11.7 Å². The second kappa shape index (κ2) is 7.77. The lowest BCUT2D eigenvalue weighted by molar-refractivity contribution is -0.119. The number of pyridine rings is 1. The van der Waals surface area contributed by atoms with Crippen molar-refractivity contribution < 1.29 is 9.59 Å². The number of primary amides is 1. The maximum atomic E-state index is 12.5. The van der Waals surface area contributed by atoms with Gasteiger partial charge in [-0.15, -0.1) is 0 Å². The first-order chi connectivity index (χ1) is 10.6. The van der Waals surface area contributed by atoms with E-state index in [1.54, 1.807) is 17.3 Å². The first-order valence-corrected chi connectivity index (χ1v) is 7.83. The molecular formula is C16H24N4O2. The monoisotopic (exact) mass is 304 g/mol. The van der Waals surface area contributed by atoms with Crippen LogP contribution in [0.5, 0.6) is 0 Å². The predicted octanol–water partition coefficient (Wildman–Crippen LogP) is 1.83. The Balaban J connectivity index is 1.94. The van der Waals surface area contributed by atoms with Crippen molar-refractivity contribution in [3.63, 3.8) is 0 Å². The molecule has 1 fully saturated rings. The van der Waals surface area contributed by atoms with Crippen LogP contribution < -0.4 is 11.1 Å². The Morgan fingerprint density at radius 3 is 2.82 bits per heavy atom. The third-order valence-electron chi connectivity index (χ3n) is 4.11. The van der Waals surface area contributed by atoms with Crippen LogP contribution >= 0.6 is 0 Å². The summed E-state index contributed by atoms with van der Waals surface area (Å²) in [5.41, 5.74) is 6.31. The van der Waals surface area contributed by atoms with Gasteiger partial charge in [-0.1, -0.05) is 6.92 Å². The first-order valence-electron chi connectivity index (χ1n) is 7.83. The number of nitrogens with one attached hydrogen (secondary N) is 1. The molecule has 1 aliphatic rings. The zero-order valence-corrected chi connectivity index (χ0v) is 13.0. The molecule has 0 aliphatic carbocycles. The van der Waals surface area contributed by atoms with Crippen molar-refractivity contribution >= 4 is 11.9 Å². The van der Waals surface area contributed by atoms with Crippen LogP contribution in [-0.2, 0) is 4.79 Å². The summed E-state index contributed by atoms with van der Waals surface area (Å²) < 4.78 is 0. The number of urea groups is 1. The van der Waals surface area contributed by atoms with Gasteiger partial charge in [-0.25, -0.2) is 4.79 Å². The van der Waals surface area contributed by atoms with Crippen LogP contribution in [0.15, 0.2) is 24.5 Å². The number of hydrogen-bond donors (Lipinski definition) is 2. The van der Waals surface area contributed by atoms with Gasteiger partial charge in [0, 0.05) is 31.9 Å². The van der Waals surface area contributed by atoms with E-state index in [4.69, 9.17) is 5.73 Å². The van der Waals surface area contributed by atoms with E-state index < -0.39 is 0 Å². The van der Waals surface area contributed by atoms with Gasteiger partial charge in [0.15, 0.2) is 0 Å². The van der Waals surface area contributed by atoms with E-state index in [1.165, 1.54) is 0 Å². The second-order valence-electron chi connectivity index (χ2n) is 5.82. The number of amides is 3. The van der Waals surface area contributed by atoms with Gasteiger partial charge in [0.25, 0.3) is 0 Å². The summed E-state index contributed by atoms with van der Waals surface area (Å²) in [6.07, 6.45) is 6.49. The molecule has 2 unspecified atom stereocenters. The average molecular weight is 304 g/mol. The van der Waals surface area contributed by atoms with Crippen LogP contribution in [0.4, 0.5) is 4.79 Å². The summed E-state index contributed by atoms with van der Waals surface area (Å²) in [4.78, 5) is 29.3. The molecule has 6 nitrogen and oxygen atoms in total. The van der Waals surface area contributed by atoms with Gasteiger partial charge in [-0.2, -0.15) is 0 Å². The topological polar surface area (TPSA) is 88.3 Å². The lowest BCUT2D eigenvalue weighted by Gasteiger charge is -2.33. The SMILES string of the molecule is CCC(NC(=O)N1CCCC(CC(N)=O)C1)c1ccncc1. The molecule has 0 bridgehead atoms. The van der Waals surface area contributed by atoms with Gasteiger partial charge < -0.3 is 16.0 Å². The maximum absolute atomic E-state index is 12.5. The van der Waals surface area contributed by atoms with Gasteiger partial charge >= 0.3 is 6.03 Å². The molecule has 0 radical (unpaired) electrons. The summed E-state index contributed by atoms with van der Waals surface area (Å²) >= 11 is 0. The number of carbonyl (C=O) groups is 2. The Bertz CT molecular complexity index is 506. The summed E-state index contributed by atoms with van der Waals surface area (Å²) in [6, 6.07) is 3.74. The highest BCUT2D eigenvalue weighted by molar-refractivity contribution is 5.76. The number of piperidine rings is 1. The molecular weight excluding hydrogens is 280 g/mol. The number of nitrogens with two attached hydrogens (primary N) is 1. The summed E-state index contributed by atoms with van der Waals surface area (Å²) in [7, 11) is 0. The smallest absolute Gasteiger partial charge is 0.317 e. The molecule has 1 aromatic heterocycles. The number of nitrogens with zero attached hydrogens (tertiary/aromatic N) is 2. The zero-order valence-electron chi connectivity index (χ0n) is 13.0. The van der Waals surface area contributed by atoms with Crippen LogP contribution in [-0.4, -0.2) is 34.9 Å². The highest BCUT2D eigenvalue weighted by atomic mass is 16.2. The second-order valence-corrected chi connectivity index (χ2v) is 5.82. The number of likely N-dealkylation sites (tertiary alicyclic amines) is 1. The molecule has 2 rings (SSSR count). The van der Waals surface area contributed by atoms with Gasteiger partial charge in [0.1, 0.15) is 0 Å². The molecule has 1 aliphatic heterocycles. The molecule has 0 aromatic carbocycles. The minimum atomic E-state index is -0.296. The van der Waals surface area contributed by atoms with Gasteiger partial charge in [0.05, 0.1) is 6.04 Å². The molecule has 2 atom stereocenters. The fourth-order valence-corrected chi connectivity index (χ4v) is 2.96. The first kappa shape index (κ1) is 16.3. The Labute approximate surface area is 131 Å². The Morgan fingerprint density at radius 2 is 2.18 bits per heavy atom. The number of hydrogen-bond acceptors (Lipinski definition) is 3. The zero-order chi connectivity index (χ0) is 15.9. The fraction of sp³-hybridized carbons (Fsp3) is 0.562. The lowest BCUT2D eigenvalue weighted by Crippen LogP contribution is -2.47. The number of carbonyl (C=O) groups excluding carboxylic acids is 2. The standard InChI is InChI=1S/C16H24N4O2/c1-2-14(13-5-7-18-8-6-13)19-16(22)20-9-3-4-12(11-20)10-15(17)21/h5-8,12,14H,2-4,9-11H2,1H3,(H2,17,21)(H,19,22). The van der Waals surface area contributed by atoms with Crippen LogP contribution in [0.1, 0.15) is 44.2 Å². The van der Waals surface area contributed by atoms with Crippen LogP contribution in [0.3, 0.4) is 0 Å². The van der Waals surface area contributed by atoms with E-state index in [-0.39, 0.29) is 23.9 Å². The van der Waals surface area contributed by atoms with Crippen molar-refractivity contribution in [3.8, 4) is 0 Å². The molecule has 1 saturated heterocycles. The number of rotatable bonds is 5. The molecule has 3 N–H and O–H groups in total. The normalized spacial score (nSPS) is 19.5. The summed E-state index contributed by atoms with van der Waals surface area (Å²) in [6.45, 7) is 3.37. The minimum absolute atomic E-state index is 0.0213. The van der Waals surface area contributed by atoms with E-state index in [2.05, 4.69) is 10.3 Å². The van der Waals surface area contributed by atoms with Crippen molar-refractivity contribution in [1.82, 2.24) is 15.2 Å². The van der Waals surface area contributed by atoms with Gasteiger partial charge in [-0.3, -0.25) is 9.78 Å². The predicted molar refractivity (Wildman–Crippen MR) is 83.9 cm³/mol. The highest BCUT2D eigenvalue weighted by Gasteiger charge is 2.26. The lowest BCUT2D eigenvalue weighted by atomic mass is 9.95. The van der Waals surface area contributed by atoms with Crippen LogP contribution in [0.25, 0.3) is 0 Å². The molecule has 3 amide bonds. The molecule has 0 saturated carbocycles. The summed E-state index contributed by atoms with van der Waals surface area (Å²) in [5.74, 6) is -0.117. The largest absolute Gasteiger partial charge is 0.370 e. The van der Waals surface area contributed by atoms with Crippen molar-refractivity contribution in [2.45, 2.75) is 38.6 Å². The molecule has 22 heavy (non-hydrogen) atoms. The highest BCUT2D eigenvalue weighted by Crippen LogP contribution is 2.21. The van der Waals surface area contributed by atoms with Crippen molar-refractivity contribution in [3.05, 3.63) is 30.1 Å². The van der Waals surface area contributed by atoms with Crippen LogP contribution in [0, 0.1) is 5.92 Å². The average Bonchev–Trinajstić information content (AvgIpc) is 2.53. The van der Waals surface area contributed by atoms with E-state index >= 15 is 0 Å². The summed E-state index contributed by atoms with van der Waals surface area (Å²) in [5, 5.41) is 3.07. The Morgan fingerprint density at radius 1 is 1.45 bits per heavy atom. The third-order valence-corrected chi connectivity index (χ3v) is 4.11. The maximum Gasteiger partial charge on any atom is 0.317 e. The van der Waals surface area contributed by atoms with E-state index in [0.717, 1.165) is 31.4 Å². The molecule has 0 spiro atoms.